The maximum Gasteiger partial charge on any atom is 0.271 e. The molecule has 1 saturated heterocycles. The molecule has 3 aromatic rings. The summed E-state index contributed by atoms with van der Waals surface area (Å²) in [4.78, 5) is 25.2. The molecular weight excluding hydrogens is 531 g/mol. The molecule has 0 radical (unpaired) electrons. The van der Waals surface area contributed by atoms with Crippen LogP contribution in [0.25, 0.3) is 10.9 Å². The molecular formula is C27H24F3N5O3S. The van der Waals surface area contributed by atoms with Gasteiger partial charge in [-0.3, -0.25) is 9.69 Å². The molecule has 0 unspecified atom stereocenters. The SMILES string of the molecule is CCc1nc(OCCO)c2cc(N3C(=S)N(c4ccc(C#N)c(C(C)(F)F)c4)C(=O)C34CCC4)cc(F)c2n1. The van der Waals surface area contributed by atoms with E-state index in [0.29, 0.717) is 38.4 Å². The first kappa shape index (κ1) is 26.8. The Morgan fingerprint density at radius 3 is 2.56 bits per heavy atom. The van der Waals surface area contributed by atoms with Crippen LogP contribution in [0.2, 0.25) is 0 Å². The number of aryl methyl sites for hydroxylation is 1. The highest BCUT2D eigenvalue weighted by Gasteiger charge is 2.59. The van der Waals surface area contributed by atoms with Gasteiger partial charge in [-0.25, -0.2) is 18.2 Å². The summed E-state index contributed by atoms with van der Waals surface area (Å²) in [5, 5.41) is 18.8. The van der Waals surface area contributed by atoms with Gasteiger partial charge in [0.1, 0.15) is 23.5 Å². The third-order valence-electron chi connectivity index (χ3n) is 7.10. The van der Waals surface area contributed by atoms with Crippen LogP contribution in [0.5, 0.6) is 5.88 Å². The van der Waals surface area contributed by atoms with Crippen molar-refractivity contribution in [3.8, 4) is 11.9 Å². The van der Waals surface area contributed by atoms with Crippen LogP contribution in [0.1, 0.15) is 50.1 Å². The van der Waals surface area contributed by atoms with Gasteiger partial charge in [-0.05, 0) is 61.8 Å². The van der Waals surface area contributed by atoms with Gasteiger partial charge < -0.3 is 14.7 Å². The predicted octanol–water partition coefficient (Wildman–Crippen LogP) is 4.75. The molecule has 2 aromatic carbocycles. The number of rotatable bonds is 7. The number of fused-ring (bicyclic) bond motifs is 1. The van der Waals surface area contributed by atoms with Gasteiger partial charge in [0.2, 0.25) is 5.88 Å². The summed E-state index contributed by atoms with van der Waals surface area (Å²) in [5.74, 6) is -3.97. The lowest BCUT2D eigenvalue weighted by Crippen LogP contribution is -2.55. The van der Waals surface area contributed by atoms with Crippen LogP contribution in [0.15, 0.2) is 30.3 Å². The largest absolute Gasteiger partial charge is 0.475 e. The molecule has 2 heterocycles. The zero-order chi connectivity index (χ0) is 28.1. The van der Waals surface area contributed by atoms with Crippen molar-refractivity contribution in [2.75, 3.05) is 23.0 Å². The first-order valence-electron chi connectivity index (χ1n) is 12.4. The van der Waals surface area contributed by atoms with E-state index in [1.165, 1.54) is 23.1 Å². The fourth-order valence-electron chi connectivity index (χ4n) is 5.07. The van der Waals surface area contributed by atoms with Crippen molar-refractivity contribution in [3.63, 3.8) is 0 Å². The minimum Gasteiger partial charge on any atom is -0.475 e. The Bertz CT molecular complexity index is 1550. The van der Waals surface area contributed by atoms with Gasteiger partial charge in [-0.15, -0.1) is 0 Å². The molecule has 1 spiro atoms. The number of hydrogen-bond acceptors (Lipinski definition) is 7. The normalized spacial score (nSPS) is 16.6. The summed E-state index contributed by atoms with van der Waals surface area (Å²) < 4.78 is 49.8. The topological polar surface area (TPSA) is 103 Å². The lowest BCUT2D eigenvalue weighted by molar-refractivity contribution is -0.123. The van der Waals surface area contributed by atoms with E-state index in [1.807, 2.05) is 6.92 Å². The molecule has 1 aromatic heterocycles. The number of aliphatic hydroxyl groups is 1. The van der Waals surface area contributed by atoms with Crippen LogP contribution < -0.4 is 14.5 Å². The number of aliphatic hydroxyl groups excluding tert-OH is 1. The van der Waals surface area contributed by atoms with E-state index in [1.54, 1.807) is 17.0 Å². The first-order chi connectivity index (χ1) is 18.6. The number of anilines is 2. The minimum atomic E-state index is -3.33. The highest BCUT2D eigenvalue weighted by molar-refractivity contribution is 7.81. The zero-order valence-electron chi connectivity index (χ0n) is 21.2. The van der Waals surface area contributed by atoms with E-state index >= 15 is 4.39 Å². The third kappa shape index (κ3) is 4.26. The van der Waals surface area contributed by atoms with Crippen LogP contribution in [0.4, 0.5) is 24.5 Å². The Balaban J connectivity index is 1.65. The van der Waals surface area contributed by atoms with Crippen molar-refractivity contribution in [3.05, 3.63) is 53.1 Å². The second kappa shape index (κ2) is 9.73. The van der Waals surface area contributed by atoms with Crippen molar-refractivity contribution in [1.82, 2.24) is 9.97 Å². The number of aromatic nitrogens is 2. The summed E-state index contributed by atoms with van der Waals surface area (Å²) in [7, 11) is 0. The number of ether oxygens (including phenoxy) is 1. The number of amides is 1. The van der Waals surface area contributed by atoms with Crippen LogP contribution >= 0.6 is 12.2 Å². The minimum absolute atomic E-state index is 0.00236. The molecule has 1 N–H and O–H groups in total. The van der Waals surface area contributed by atoms with E-state index in [-0.39, 0.29) is 52.0 Å². The highest BCUT2D eigenvalue weighted by atomic mass is 32.1. The number of nitriles is 1. The molecule has 2 aliphatic rings. The second-order valence-electron chi connectivity index (χ2n) is 9.57. The maximum atomic E-state index is 15.5. The van der Waals surface area contributed by atoms with E-state index in [2.05, 4.69) is 9.97 Å². The number of alkyl halides is 2. The summed E-state index contributed by atoms with van der Waals surface area (Å²) in [6, 6.07) is 8.30. The van der Waals surface area contributed by atoms with Crippen molar-refractivity contribution in [2.24, 2.45) is 0 Å². The first-order valence-corrected chi connectivity index (χ1v) is 12.8. The molecule has 2 fully saturated rings. The van der Waals surface area contributed by atoms with E-state index in [4.69, 9.17) is 17.0 Å². The summed E-state index contributed by atoms with van der Waals surface area (Å²) in [5.41, 5.74) is -1.47. The number of benzene rings is 2. The summed E-state index contributed by atoms with van der Waals surface area (Å²) in [6.45, 7) is 2.15. The van der Waals surface area contributed by atoms with E-state index in [0.717, 1.165) is 6.07 Å². The molecule has 1 amide bonds. The Morgan fingerprint density at radius 2 is 1.97 bits per heavy atom. The average Bonchev–Trinajstić information content (AvgIpc) is 3.12. The maximum absolute atomic E-state index is 15.5. The smallest absolute Gasteiger partial charge is 0.271 e. The van der Waals surface area contributed by atoms with Crippen LogP contribution in [0, 0.1) is 17.1 Å². The van der Waals surface area contributed by atoms with Crippen LogP contribution in [-0.4, -0.2) is 44.8 Å². The molecule has 0 bridgehead atoms. The van der Waals surface area contributed by atoms with Crippen LogP contribution in [-0.2, 0) is 17.1 Å². The van der Waals surface area contributed by atoms with Crippen molar-refractivity contribution in [1.29, 1.82) is 5.26 Å². The molecule has 1 aliphatic carbocycles. The zero-order valence-corrected chi connectivity index (χ0v) is 22.0. The van der Waals surface area contributed by atoms with Gasteiger partial charge >= 0.3 is 0 Å². The standard InChI is InChI=1S/C27H24F3N5O3S/c1-3-21-32-22-18(23(33-21)38-10-9-36)11-17(13-20(22)28)35-25(39)34(24(37)27(35)7-4-8-27)16-6-5-15(14-31)19(12-16)26(2,29)30/h5-6,11-13,36H,3-4,7-10H2,1-2H3. The molecule has 1 aliphatic heterocycles. The van der Waals surface area contributed by atoms with Gasteiger partial charge in [0.25, 0.3) is 11.8 Å². The quantitative estimate of drug-likeness (QED) is 0.417. The molecule has 8 nitrogen and oxygen atoms in total. The number of carbonyl (C=O) groups is 1. The lowest BCUT2D eigenvalue weighted by Gasteiger charge is -2.43. The number of thiocarbonyl (C=S) groups is 1. The van der Waals surface area contributed by atoms with E-state index < -0.39 is 28.7 Å². The number of nitrogens with zero attached hydrogens (tertiary/aromatic N) is 5. The Kier molecular flexibility index (Phi) is 6.68. The molecule has 39 heavy (non-hydrogen) atoms. The fourth-order valence-corrected chi connectivity index (χ4v) is 5.54. The third-order valence-corrected chi connectivity index (χ3v) is 7.47. The Morgan fingerprint density at radius 1 is 1.23 bits per heavy atom. The highest BCUT2D eigenvalue weighted by Crippen LogP contribution is 2.49. The van der Waals surface area contributed by atoms with Gasteiger partial charge in [0, 0.05) is 24.6 Å². The Labute approximate surface area is 227 Å². The number of carbonyl (C=O) groups excluding carboxylic acids is 1. The van der Waals surface area contributed by atoms with Gasteiger partial charge in [-0.1, -0.05) is 6.92 Å². The number of hydrogen-bond donors (Lipinski definition) is 1. The second-order valence-corrected chi connectivity index (χ2v) is 9.93. The number of halogens is 3. The summed E-state index contributed by atoms with van der Waals surface area (Å²) in [6.07, 6.45) is 2.00. The molecule has 0 atom stereocenters. The van der Waals surface area contributed by atoms with Gasteiger partial charge in [0.15, 0.2) is 10.9 Å². The Hall–Kier alpha value is -3.82. The van der Waals surface area contributed by atoms with E-state index in [9.17, 15) is 23.9 Å². The summed E-state index contributed by atoms with van der Waals surface area (Å²) >= 11 is 5.72. The molecule has 5 rings (SSSR count). The van der Waals surface area contributed by atoms with Crippen molar-refractivity contribution < 1.29 is 27.8 Å². The van der Waals surface area contributed by atoms with Crippen molar-refractivity contribution in [2.45, 2.75) is 51.0 Å². The van der Waals surface area contributed by atoms with Crippen LogP contribution in [0.3, 0.4) is 0 Å². The lowest BCUT2D eigenvalue weighted by atomic mass is 9.75. The molecule has 202 valence electrons. The predicted molar refractivity (Wildman–Crippen MR) is 141 cm³/mol. The fraction of sp³-hybridized carbons (Fsp3) is 0.370. The van der Waals surface area contributed by atoms with Gasteiger partial charge in [-0.2, -0.15) is 10.2 Å². The average molecular weight is 556 g/mol. The van der Waals surface area contributed by atoms with Gasteiger partial charge in [0.05, 0.1) is 29.3 Å². The van der Waals surface area contributed by atoms with Crippen molar-refractivity contribution >= 4 is 45.5 Å². The monoisotopic (exact) mass is 555 g/mol. The molecule has 12 heteroatoms. The molecule has 1 saturated carbocycles.